The summed E-state index contributed by atoms with van der Waals surface area (Å²) in [5.74, 6) is -0.312. The molecular formula is C23H24F3N3OS. The topological polar surface area (TPSA) is 46.9 Å². The molecule has 1 N–H and O–H groups in total. The zero-order chi connectivity index (χ0) is 22.4. The predicted octanol–water partition coefficient (Wildman–Crippen LogP) is 5.97. The van der Waals surface area contributed by atoms with Gasteiger partial charge in [0, 0.05) is 5.69 Å². The molecule has 3 rings (SSSR count). The number of hydrogen-bond donors (Lipinski definition) is 1. The fourth-order valence-electron chi connectivity index (χ4n) is 3.35. The molecule has 0 fully saturated rings. The summed E-state index contributed by atoms with van der Waals surface area (Å²) in [6.07, 6.45) is -1.44. The van der Waals surface area contributed by atoms with E-state index in [1.54, 1.807) is 30.3 Å². The zero-order valence-electron chi connectivity index (χ0n) is 17.4. The quantitative estimate of drug-likeness (QED) is 0.433. The van der Waals surface area contributed by atoms with Gasteiger partial charge < -0.3 is 9.88 Å². The number of hydrogen-bond acceptors (Lipinski definition) is 3. The first-order valence-electron chi connectivity index (χ1n) is 10.0. The summed E-state index contributed by atoms with van der Waals surface area (Å²) in [6, 6.07) is 14.7. The number of aryl methyl sites for hydroxylation is 2. The second kappa shape index (κ2) is 10.0. The van der Waals surface area contributed by atoms with Crippen molar-refractivity contribution >= 4 is 23.4 Å². The van der Waals surface area contributed by atoms with E-state index in [0.717, 1.165) is 46.0 Å². The predicted molar refractivity (Wildman–Crippen MR) is 118 cm³/mol. The molecule has 31 heavy (non-hydrogen) atoms. The lowest BCUT2D eigenvalue weighted by atomic mass is 10.0. The van der Waals surface area contributed by atoms with Gasteiger partial charge >= 0.3 is 6.18 Å². The van der Waals surface area contributed by atoms with Gasteiger partial charge in [-0.15, -0.1) is 0 Å². The molecule has 164 valence electrons. The monoisotopic (exact) mass is 447 g/mol. The van der Waals surface area contributed by atoms with Gasteiger partial charge in [-0.25, -0.2) is 4.98 Å². The number of anilines is 1. The Morgan fingerprint density at radius 3 is 2.26 bits per heavy atom. The van der Waals surface area contributed by atoms with Crippen molar-refractivity contribution in [2.24, 2.45) is 0 Å². The van der Waals surface area contributed by atoms with Gasteiger partial charge in [-0.1, -0.05) is 74.1 Å². The lowest BCUT2D eigenvalue weighted by molar-refractivity contribution is -0.141. The lowest BCUT2D eigenvalue weighted by Crippen LogP contribution is -2.20. The first-order valence-corrected chi connectivity index (χ1v) is 11.0. The highest BCUT2D eigenvalue weighted by atomic mass is 32.2. The summed E-state index contributed by atoms with van der Waals surface area (Å²) in [6.45, 7) is 2.86. The second-order valence-electron chi connectivity index (χ2n) is 6.99. The third-order valence-corrected chi connectivity index (χ3v) is 5.81. The number of amides is 1. The highest BCUT2D eigenvalue weighted by Crippen LogP contribution is 2.30. The number of imidazole rings is 1. The van der Waals surface area contributed by atoms with Crippen LogP contribution in [0.25, 0.3) is 11.3 Å². The van der Waals surface area contributed by atoms with Gasteiger partial charge in [-0.3, -0.25) is 4.79 Å². The molecule has 1 heterocycles. The second-order valence-corrected chi connectivity index (χ2v) is 7.93. The molecule has 0 aliphatic rings. The Kier molecular flexibility index (Phi) is 7.43. The number of nitrogens with one attached hydrogen (secondary N) is 1. The molecule has 0 spiro atoms. The van der Waals surface area contributed by atoms with Crippen LogP contribution in [-0.2, 0) is 24.2 Å². The van der Waals surface area contributed by atoms with Gasteiger partial charge in [0.25, 0.3) is 0 Å². The van der Waals surface area contributed by atoms with Crippen LogP contribution in [0.3, 0.4) is 0 Å². The van der Waals surface area contributed by atoms with Crippen LogP contribution in [-0.4, -0.2) is 27.4 Å². The number of benzene rings is 2. The highest BCUT2D eigenvalue weighted by molar-refractivity contribution is 7.99. The number of alkyl halides is 3. The molecule has 0 saturated heterocycles. The van der Waals surface area contributed by atoms with Crippen LogP contribution in [0.2, 0.25) is 0 Å². The number of carbonyl (C=O) groups is 1. The van der Waals surface area contributed by atoms with Gasteiger partial charge in [-0.2, -0.15) is 13.2 Å². The molecular weight excluding hydrogens is 423 g/mol. The molecule has 0 bridgehead atoms. The van der Waals surface area contributed by atoms with Gasteiger partial charge in [-0.05, 0) is 29.5 Å². The van der Waals surface area contributed by atoms with Crippen molar-refractivity contribution in [3.63, 3.8) is 0 Å². The minimum atomic E-state index is -4.40. The van der Waals surface area contributed by atoms with Crippen molar-refractivity contribution in [1.82, 2.24) is 9.55 Å². The molecule has 1 amide bonds. The van der Waals surface area contributed by atoms with Crippen LogP contribution >= 0.6 is 11.8 Å². The van der Waals surface area contributed by atoms with Gasteiger partial charge in [0.2, 0.25) is 5.91 Å². The summed E-state index contributed by atoms with van der Waals surface area (Å²) < 4.78 is 40.7. The minimum absolute atomic E-state index is 0.0374. The average Bonchev–Trinajstić information content (AvgIpc) is 3.13. The minimum Gasteiger partial charge on any atom is -0.325 e. The summed E-state index contributed by atoms with van der Waals surface area (Å²) in [5.41, 5.74) is 3.86. The standard InChI is InChI=1S/C23H24F3N3OS/c1-3-16-11-8-12-17(4-2)21(16)28-20(30)14-31-22-27-13-19(18-9-6-5-7-10-18)29(22)15-23(24,25)26/h5-13H,3-4,14-15H2,1-2H3,(H,28,30). The molecule has 3 aromatic rings. The van der Waals surface area contributed by atoms with E-state index in [9.17, 15) is 18.0 Å². The SMILES string of the molecule is CCc1cccc(CC)c1NC(=O)CSc1ncc(-c2ccccc2)n1CC(F)(F)F. The zero-order valence-corrected chi connectivity index (χ0v) is 18.2. The molecule has 2 aromatic carbocycles. The summed E-state index contributed by atoms with van der Waals surface area (Å²) in [7, 11) is 0. The Labute approximate surface area is 183 Å². The number of carbonyl (C=O) groups excluding carboxylic acids is 1. The van der Waals surface area contributed by atoms with E-state index in [1.807, 2.05) is 32.0 Å². The van der Waals surface area contributed by atoms with Gasteiger partial charge in [0.15, 0.2) is 5.16 Å². The van der Waals surface area contributed by atoms with Crippen molar-refractivity contribution in [2.75, 3.05) is 11.1 Å². The van der Waals surface area contributed by atoms with Crippen LogP contribution in [0.1, 0.15) is 25.0 Å². The van der Waals surface area contributed by atoms with Crippen LogP contribution in [0.15, 0.2) is 59.9 Å². The highest BCUT2D eigenvalue weighted by Gasteiger charge is 2.31. The normalized spacial score (nSPS) is 11.5. The number of rotatable bonds is 8. The first-order chi connectivity index (χ1) is 14.8. The van der Waals surface area contributed by atoms with E-state index in [2.05, 4.69) is 10.3 Å². The van der Waals surface area contributed by atoms with Crippen molar-refractivity contribution in [3.8, 4) is 11.3 Å². The third-order valence-electron chi connectivity index (χ3n) is 4.82. The molecule has 0 radical (unpaired) electrons. The number of halogens is 3. The third kappa shape index (κ3) is 5.91. The van der Waals surface area contributed by atoms with Crippen LogP contribution in [0.5, 0.6) is 0 Å². The van der Waals surface area contributed by atoms with E-state index in [1.165, 1.54) is 6.20 Å². The van der Waals surface area contributed by atoms with Crippen LogP contribution in [0.4, 0.5) is 18.9 Å². The molecule has 8 heteroatoms. The van der Waals surface area contributed by atoms with Gasteiger partial charge in [0.1, 0.15) is 6.54 Å². The Balaban J connectivity index is 1.79. The largest absolute Gasteiger partial charge is 0.406 e. The summed E-state index contributed by atoms with van der Waals surface area (Å²) in [4.78, 5) is 16.8. The average molecular weight is 448 g/mol. The van der Waals surface area contributed by atoms with Crippen LogP contribution in [0, 0.1) is 0 Å². The Morgan fingerprint density at radius 1 is 1.03 bits per heavy atom. The van der Waals surface area contributed by atoms with Crippen LogP contribution < -0.4 is 5.32 Å². The lowest BCUT2D eigenvalue weighted by Gasteiger charge is -2.15. The number of thioether (sulfide) groups is 1. The Hall–Kier alpha value is -2.74. The maximum Gasteiger partial charge on any atom is 0.406 e. The molecule has 1 aromatic heterocycles. The molecule has 0 aliphatic heterocycles. The molecule has 0 atom stereocenters. The molecule has 4 nitrogen and oxygen atoms in total. The Bertz CT molecular complexity index is 1010. The van der Waals surface area contributed by atoms with E-state index >= 15 is 0 Å². The fraction of sp³-hybridized carbons (Fsp3) is 0.304. The smallest absolute Gasteiger partial charge is 0.325 e. The molecule has 0 unspecified atom stereocenters. The maximum atomic E-state index is 13.2. The van der Waals surface area contributed by atoms with Crippen molar-refractivity contribution in [2.45, 2.75) is 44.6 Å². The van der Waals surface area contributed by atoms with Crippen molar-refractivity contribution < 1.29 is 18.0 Å². The number of nitrogens with zero attached hydrogens (tertiary/aromatic N) is 2. The summed E-state index contributed by atoms with van der Waals surface area (Å²) in [5, 5.41) is 3.10. The van der Waals surface area contributed by atoms with E-state index in [0.29, 0.717) is 11.3 Å². The fourth-order valence-corrected chi connectivity index (χ4v) is 4.13. The number of para-hydroxylation sites is 1. The number of aromatic nitrogens is 2. The van der Waals surface area contributed by atoms with Gasteiger partial charge in [0.05, 0.1) is 17.6 Å². The first kappa shape index (κ1) is 22.9. The summed E-state index contributed by atoms with van der Waals surface area (Å²) >= 11 is 0.997. The molecule has 0 saturated carbocycles. The molecule has 0 aliphatic carbocycles. The van der Waals surface area contributed by atoms with E-state index < -0.39 is 12.7 Å². The van der Waals surface area contributed by atoms with Crippen molar-refractivity contribution in [3.05, 3.63) is 65.9 Å². The van der Waals surface area contributed by atoms with Crippen molar-refractivity contribution in [1.29, 1.82) is 0 Å². The van der Waals surface area contributed by atoms with E-state index in [-0.39, 0.29) is 16.8 Å². The maximum absolute atomic E-state index is 13.2. The van der Waals surface area contributed by atoms with E-state index in [4.69, 9.17) is 0 Å². The Morgan fingerprint density at radius 2 is 1.68 bits per heavy atom.